The molecule has 0 aliphatic heterocycles. The van der Waals surface area contributed by atoms with Crippen molar-refractivity contribution in [2.24, 2.45) is 5.41 Å². The smallest absolute Gasteiger partial charge is 0.182 e. The van der Waals surface area contributed by atoms with Gasteiger partial charge in [-0.2, -0.15) is 5.26 Å². The minimum absolute atomic E-state index is 0.115. The molecule has 90 valence electrons. The fourth-order valence-electron chi connectivity index (χ4n) is 1.61. The van der Waals surface area contributed by atoms with Gasteiger partial charge < -0.3 is 0 Å². The maximum atomic E-state index is 12.0. The van der Waals surface area contributed by atoms with Crippen LogP contribution in [0.3, 0.4) is 0 Å². The number of hydrogen-bond acceptors (Lipinski definition) is 2. The lowest BCUT2D eigenvalue weighted by atomic mass is 9.85. The molecular formula is C15H19NO. The van der Waals surface area contributed by atoms with Crippen LogP contribution in [0.2, 0.25) is 0 Å². The highest BCUT2D eigenvalue weighted by molar-refractivity contribution is 6.01. The first kappa shape index (κ1) is 13.4. The van der Waals surface area contributed by atoms with Crippen molar-refractivity contribution in [1.29, 1.82) is 5.26 Å². The summed E-state index contributed by atoms with van der Waals surface area (Å²) in [4.78, 5) is 12.0. The zero-order valence-corrected chi connectivity index (χ0v) is 10.9. The van der Waals surface area contributed by atoms with E-state index in [0.29, 0.717) is 11.5 Å². The van der Waals surface area contributed by atoms with E-state index in [-0.39, 0.29) is 5.78 Å². The van der Waals surface area contributed by atoms with Crippen LogP contribution in [0.1, 0.15) is 56.0 Å². The molecule has 0 fully saturated rings. The van der Waals surface area contributed by atoms with Gasteiger partial charge in [0, 0.05) is 5.56 Å². The third-order valence-corrected chi connectivity index (χ3v) is 3.20. The van der Waals surface area contributed by atoms with Gasteiger partial charge in [0.15, 0.2) is 5.78 Å². The van der Waals surface area contributed by atoms with Gasteiger partial charge in [0.2, 0.25) is 0 Å². The predicted octanol–water partition coefficient (Wildman–Crippen LogP) is 3.93. The molecule has 1 atom stereocenters. The number of hydrogen-bond donors (Lipinski definition) is 0. The van der Waals surface area contributed by atoms with Crippen molar-refractivity contribution >= 4 is 5.78 Å². The summed E-state index contributed by atoms with van der Waals surface area (Å²) < 4.78 is 0. The molecule has 0 aliphatic carbocycles. The topological polar surface area (TPSA) is 40.9 Å². The number of nitriles is 1. The standard InChI is InChI=1S/C15H19NO/c1-5-11(2)12-6-8-13(9-7-12)14(17)15(3,4)10-16/h6-9,11H,5H2,1-4H3. The second-order valence-electron chi connectivity index (χ2n) is 5.00. The minimum Gasteiger partial charge on any atom is -0.292 e. The second-order valence-corrected chi connectivity index (χ2v) is 5.00. The SMILES string of the molecule is CCC(C)c1ccc(C(=O)C(C)(C)C#N)cc1. The number of Topliss-reactive ketones (excluding diaryl/α,β-unsaturated/α-hetero) is 1. The highest BCUT2D eigenvalue weighted by Gasteiger charge is 2.28. The summed E-state index contributed by atoms with van der Waals surface area (Å²) in [6.07, 6.45) is 1.08. The zero-order valence-electron chi connectivity index (χ0n) is 10.9. The van der Waals surface area contributed by atoms with Gasteiger partial charge in [0.1, 0.15) is 5.41 Å². The van der Waals surface area contributed by atoms with Gasteiger partial charge in [-0.05, 0) is 31.7 Å². The van der Waals surface area contributed by atoms with Crippen LogP contribution in [0.4, 0.5) is 0 Å². The van der Waals surface area contributed by atoms with Crippen LogP contribution >= 0.6 is 0 Å². The van der Waals surface area contributed by atoms with E-state index in [4.69, 9.17) is 5.26 Å². The van der Waals surface area contributed by atoms with Gasteiger partial charge in [-0.3, -0.25) is 4.79 Å². The number of rotatable bonds is 4. The maximum Gasteiger partial charge on any atom is 0.182 e. The van der Waals surface area contributed by atoms with Crippen LogP contribution in [0.25, 0.3) is 0 Å². The minimum atomic E-state index is -0.947. The van der Waals surface area contributed by atoms with E-state index >= 15 is 0 Å². The zero-order chi connectivity index (χ0) is 13.1. The highest BCUT2D eigenvalue weighted by atomic mass is 16.1. The first-order chi connectivity index (χ1) is 7.92. The molecule has 0 aromatic heterocycles. The predicted molar refractivity (Wildman–Crippen MR) is 68.9 cm³/mol. The Hall–Kier alpha value is -1.62. The second kappa shape index (κ2) is 5.14. The quantitative estimate of drug-likeness (QED) is 0.734. The van der Waals surface area contributed by atoms with E-state index in [0.717, 1.165) is 6.42 Å². The Morgan fingerprint density at radius 2 is 1.88 bits per heavy atom. The summed E-state index contributed by atoms with van der Waals surface area (Å²) in [5.74, 6) is 0.388. The lowest BCUT2D eigenvalue weighted by Crippen LogP contribution is -2.22. The van der Waals surface area contributed by atoms with Crippen LogP contribution in [0, 0.1) is 16.7 Å². The summed E-state index contributed by atoms with van der Waals surface area (Å²) in [5.41, 5.74) is 0.903. The van der Waals surface area contributed by atoms with Gasteiger partial charge in [-0.15, -0.1) is 0 Å². The van der Waals surface area contributed by atoms with E-state index in [9.17, 15) is 4.79 Å². The normalized spacial score (nSPS) is 12.9. The average Bonchev–Trinajstić information content (AvgIpc) is 2.37. The van der Waals surface area contributed by atoms with E-state index in [1.807, 2.05) is 30.3 Å². The average molecular weight is 229 g/mol. The van der Waals surface area contributed by atoms with E-state index in [1.165, 1.54) is 5.56 Å². The fraction of sp³-hybridized carbons (Fsp3) is 0.467. The summed E-state index contributed by atoms with van der Waals surface area (Å²) >= 11 is 0. The number of carbonyl (C=O) groups is 1. The molecule has 0 amide bonds. The molecule has 2 nitrogen and oxygen atoms in total. The fourth-order valence-corrected chi connectivity index (χ4v) is 1.61. The Balaban J connectivity index is 2.97. The molecule has 0 N–H and O–H groups in total. The highest BCUT2D eigenvalue weighted by Crippen LogP contribution is 2.23. The molecule has 2 heteroatoms. The summed E-state index contributed by atoms with van der Waals surface area (Å²) in [6, 6.07) is 9.65. The summed E-state index contributed by atoms with van der Waals surface area (Å²) in [5, 5.41) is 8.94. The lowest BCUT2D eigenvalue weighted by molar-refractivity contribution is 0.0892. The van der Waals surface area contributed by atoms with Crippen molar-refractivity contribution in [3.8, 4) is 6.07 Å². The van der Waals surface area contributed by atoms with Crippen molar-refractivity contribution in [3.63, 3.8) is 0 Å². The molecule has 0 heterocycles. The molecule has 0 aliphatic rings. The Labute approximate surface area is 103 Å². The van der Waals surface area contributed by atoms with Gasteiger partial charge in [-0.25, -0.2) is 0 Å². The third kappa shape index (κ3) is 2.94. The van der Waals surface area contributed by atoms with E-state index in [1.54, 1.807) is 13.8 Å². The van der Waals surface area contributed by atoms with Crippen LogP contribution in [-0.2, 0) is 0 Å². The van der Waals surface area contributed by atoms with Crippen molar-refractivity contribution in [1.82, 2.24) is 0 Å². The van der Waals surface area contributed by atoms with Gasteiger partial charge in [-0.1, -0.05) is 38.1 Å². The van der Waals surface area contributed by atoms with Gasteiger partial charge >= 0.3 is 0 Å². The molecule has 1 rings (SSSR count). The molecule has 0 saturated heterocycles. The van der Waals surface area contributed by atoms with Crippen LogP contribution in [0.15, 0.2) is 24.3 Å². The monoisotopic (exact) mass is 229 g/mol. The van der Waals surface area contributed by atoms with Crippen LogP contribution in [0.5, 0.6) is 0 Å². The number of carbonyl (C=O) groups excluding carboxylic acids is 1. The molecule has 0 radical (unpaired) electrons. The van der Waals surface area contributed by atoms with Crippen molar-refractivity contribution in [3.05, 3.63) is 35.4 Å². The summed E-state index contributed by atoms with van der Waals surface area (Å²) in [6.45, 7) is 7.61. The Morgan fingerprint density at radius 1 is 1.35 bits per heavy atom. The van der Waals surface area contributed by atoms with E-state index in [2.05, 4.69) is 13.8 Å². The van der Waals surface area contributed by atoms with Gasteiger partial charge in [0.05, 0.1) is 6.07 Å². The van der Waals surface area contributed by atoms with Crippen molar-refractivity contribution < 1.29 is 4.79 Å². The lowest BCUT2D eigenvalue weighted by Gasteiger charge is -2.14. The maximum absolute atomic E-state index is 12.0. The molecule has 0 saturated carbocycles. The van der Waals surface area contributed by atoms with Crippen molar-refractivity contribution in [2.45, 2.75) is 40.0 Å². The van der Waals surface area contributed by atoms with E-state index < -0.39 is 5.41 Å². The first-order valence-corrected chi connectivity index (χ1v) is 5.98. The first-order valence-electron chi connectivity index (χ1n) is 5.98. The Bertz CT molecular complexity index is 437. The Morgan fingerprint density at radius 3 is 2.29 bits per heavy atom. The van der Waals surface area contributed by atoms with Crippen LogP contribution < -0.4 is 0 Å². The molecular weight excluding hydrogens is 210 g/mol. The number of benzene rings is 1. The largest absolute Gasteiger partial charge is 0.292 e. The Kier molecular flexibility index (Phi) is 4.07. The third-order valence-electron chi connectivity index (χ3n) is 3.20. The molecule has 0 bridgehead atoms. The molecule has 17 heavy (non-hydrogen) atoms. The number of nitrogens with zero attached hydrogens (tertiary/aromatic N) is 1. The summed E-state index contributed by atoms with van der Waals surface area (Å²) in [7, 11) is 0. The van der Waals surface area contributed by atoms with Crippen molar-refractivity contribution in [2.75, 3.05) is 0 Å². The molecule has 1 aromatic rings. The molecule has 1 aromatic carbocycles. The van der Waals surface area contributed by atoms with Gasteiger partial charge in [0.25, 0.3) is 0 Å². The molecule has 1 unspecified atom stereocenters. The van der Waals surface area contributed by atoms with Crippen LogP contribution in [-0.4, -0.2) is 5.78 Å². The molecule has 0 spiro atoms. The number of ketones is 1.